The monoisotopic (exact) mass is 321 g/mol. The van der Waals surface area contributed by atoms with Gasteiger partial charge in [0.2, 0.25) is 0 Å². The highest BCUT2D eigenvalue weighted by Gasteiger charge is 2.35. The quantitative estimate of drug-likeness (QED) is 0.936. The molecule has 1 saturated heterocycles. The molecule has 1 aliphatic rings. The molecule has 0 bridgehead atoms. The van der Waals surface area contributed by atoms with Crippen molar-refractivity contribution in [2.75, 3.05) is 6.61 Å². The van der Waals surface area contributed by atoms with Crippen LogP contribution in [0.4, 0.5) is 4.39 Å². The number of ether oxygens (including phenoxy) is 1. The van der Waals surface area contributed by atoms with Crippen LogP contribution >= 0.6 is 11.6 Å². The number of pyridine rings is 1. The van der Waals surface area contributed by atoms with Crippen LogP contribution in [0, 0.1) is 11.7 Å². The molecule has 2 aromatic rings. The summed E-state index contributed by atoms with van der Waals surface area (Å²) in [5.74, 6) is -1.95. The van der Waals surface area contributed by atoms with E-state index < -0.39 is 23.8 Å². The minimum atomic E-state index is -0.898. The van der Waals surface area contributed by atoms with Gasteiger partial charge in [-0.3, -0.25) is 9.78 Å². The van der Waals surface area contributed by atoms with Gasteiger partial charge in [-0.1, -0.05) is 11.6 Å². The van der Waals surface area contributed by atoms with Crippen molar-refractivity contribution in [1.82, 2.24) is 4.98 Å². The van der Waals surface area contributed by atoms with Crippen LogP contribution < -0.4 is 0 Å². The molecule has 0 spiro atoms. The lowest BCUT2D eigenvalue weighted by Gasteiger charge is -2.16. The Kier molecular flexibility index (Phi) is 4.09. The number of halogens is 2. The second-order valence-corrected chi connectivity index (χ2v) is 5.59. The lowest BCUT2D eigenvalue weighted by atomic mass is 9.95. The molecule has 3 rings (SSSR count). The van der Waals surface area contributed by atoms with Gasteiger partial charge in [0.15, 0.2) is 0 Å². The number of rotatable bonds is 3. The third-order valence-electron chi connectivity index (χ3n) is 3.74. The average molecular weight is 322 g/mol. The second kappa shape index (κ2) is 6.02. The Morgan fingerprint density at radius 2 is 2.18 bits per heavy atom. The minimum absolute atomic E-state index is 0.315. The largest absolute Gasteiger partial charge is 0.481 e. The van der Waals surface area contributed by atoms with Gasteiger partial charge in [0.25, 0.3) is 0 Å². The van der Waals surface area contributed by atoms with Gasteiger partial charge >= 0.3 is 5.97 Å². The molecule has 1 aromatic carbocycles. The van der Waals surface area contributed by atoms with Crippen molar-refractivity contribution in [3.8, 4) is 11.1 Å². The summed E-state index contributed by atoms with van der Waals surface area (Å²) in [5.41, 5.74) is 1.56. The topological polar surface area (TPSA) is 59.4 Å². The number of nitrogens with zero attached hydrogens (tertiary/aromatic N) is 1. The van der Waals surface area contributed by atoms with Gasteiger partial charge in [-0.05, 0) is 30.7 Å². The summed E-state index contributed by atoms with van der Waals surface area (Å²) in [6, 6.07) is 6.11. The highest BCUT2D eigenvalue weighted by Crippen LogP contribution is 2.36. The Morgan fingerprint density at radius 1 is 1.36 bits per heavy atom. The van der Waals surface area contributed by atoms with Crippen LogP contribution in [0.3, 0.4) is 0 Å². The molecule has 1 aromatic heterocycles. The first-order valence-corrected chi connectivity index (χ1v) is 7.19. The van der Waals surface area contributed by atoms with E-state index in [4.69, 9.17) is 16.3 Å². The number of carboxylic acids is 1. The molecular weight excluding hydrogens is 309 g/mol. The first-order chi connectivity index (χ1) is 10.6. The number of carbonyl (C=O) groups is 1. The van der Waals surface area contributed by atoms with Crippen molar-refractivity contribution in [3.05, 3.63) is 53.1 Å². The van der Waals surface area contributed by atoms with Gasteiger partial charge in [-0.2, -0.15) is 0 Å². The number of benzene rings is 1. The van der Waals surface area contributed by atoms with Crippen LogP contribution in [-0.2, 0) is 9.53 Å². The molecule has 4 nitrogen and oxygen atoms in total. The van der Waals surface area contributed by atoms with Gasteiger partial charge in [-0.25, -0.2) is 4.39 Å². The van der Waals surface area contributed by atoms with Gasteiger partial charge in [0.05, 0.1) is 12.0 Å². The molecule has 0 saturated carbocycles. The molecule has 0 aliphatic carbocycles. The summed E-state index contributed by atoms with van der Waals surface area (Å²) in [6.45, 7) is 0.390. The maximum Gasteiger partial charge on any atom is 0.309 e. The molecule has 0 radical (unpaired) electrons. The first-order valence-electron chi connectivity index (χ1n) is 6.81. The molecule has 6 heteroatoms. The normalized spacial score (nSPS) is 21.0. The summed E-state index contributed by atoms with van der Waals surface area (Å²) in [5, 5.41) is 9.55. The predicted molar refractivity (Wildman–Crippen MR) is 79.1 cm³/mol. The predicted octanol–water partition coefficient (Wildman–Crippen LogP) is 3.70. The van der Waals surface area contributed by atoms with Gasteiger partial charge < -0.3 is 9.84 Å². The fraction of sp³-hybridized carbons (Fsp3) is 0.250. The highest BCUT2D eigenvalue weighted by molar-refractivity contribution is 6.30. The Hall–Kier alpha value is -1.98. The first kappa shape index (κ1) is 14.9. The van der Waals surface area contributed by atoms with Crippen molar-refractivity contribution in [2.24, 2.45) is 5.92 Å². The third-order valence-corrected chi connectivity index (χ3v) is 3.97. The molecule has 2 atom stereocenters. The Labute approximate surface area is 131 Å². The molecule has 2 heterocycles. The standard InChI is InChI=1S/C16H13ClFNO3/c17-11-1-2-12(14(18)6-11)9-5-10(8-19-7-9)15-13(16(20)21)3-4-22-15/h1-2,5-8,13,15H,3-4H2,(H,20,21)/t13-,15+/m1/s1. The molecule has 114 valence electrons. The van der Waals surface area contributed by atoms with E-state index in [2.05, 4.69) is 4.98 Å². The van der Waals surface area contributed by atoms with E-state index in [1.807, 2.05) is 0 Å². The summed E-state index contributed by atoms with van der Waals surface area (Å²) < 4.78 is 19.5. The van der Waals surface area contributed by atoms with Crippen molar-refractivity contribution in [2.45, 2.75) is 12.5 Å². The minimum Gasteiger partial charge on any atom is -0.481 e. The van der Waals surface area contributed by atoms with Crippen LogP contribution in [0.5, 0.6) is 0 Å². The van der Waals surface area contributed by atoms with Crippen molar-refractivity contribution >= 4 is 17.6 Å². The fourth-order valence-electron chi connectivity index (χ4n) is 2.66. The third kappa shape index (κ3) is 2.82. The van der Waals surface area contributed by atoms with Gasteiger partial charge in [0, 0.05) is 40.7 Å². The zero-order chi connectivity index (χ0) is 15.7. The highest BCUT2D eigenvalue weighted by atomic mass is 35.5. The summed E-state index contributed by atoms with van der Waals surface area (Å²) in [4.78, 5) is 15.3. The lowest BCUT2D eigenvalue weighted by molar-refractivity contribution is -0.143. The molecule has 1 aliphatic heterocycles. The number of aromatic nitrogens is 1. The zero-order valence-corrected chi connectivity index (χ0v) is 12.3. The number of aliphatic carboxylic acids is 1. The van der Waals surface area contributed by atoms with Crippen molar-refractivity contribution in [1.29, 1.82) is 0 Å². The van der Waals surface area contributed by atoms with E-state index in [0.29, 0.717) is 34.7 Å². The van der Waals surface area contributed by atoms with Crippen molar-refractivity contribution < 1.29 is 19.0 Å². The molecule has 0 unspecified atom stereocenters. The maximum absolute atomic E-state index is 14.0. The van der Waals surface area contributed by atoms with Gasteiger partial charge in [0.1, 0.15) is 5.82 Å². The smallest absolute Gasteiger partial charge is 0.309 e. The van der Waals surface area contributed by atoms with Crippen LogP contribution in [0.25, 0.3) is 11.1 Å². The molecule has 1 fully saturated rings. The van der Waals surface area contributed by atoms with Crippen LogP contribution in [0.1, 0.15) is 18.1 Å². The zero-order valence-electron chi connectivity index (χ0n) is 11.5. The summed E-state index contributed by atoms with van der Waals surface area (Å²) in [6.07, 6.45) is 2.99. The van der Waals surface area contributed by atoms with E-state index in [1.165, 1.54) is 12.3 Å². The second-order valence-electron chi connectivity index (χ2n) is 5.16. The van der Waals surface area contributed by atoms with Crippen LogP contribution in [0.15, 0.2) is 36.7 Å². The fourth-order valence-corrected chi connectivity index (χ4v) is 2.81. The molecule has 1 N–H and O–H groups in total. The number of carboxylic acid groups (broad SMARTS) is 1. The Balaban J connectivity index is 1.97. The lowest BCUT2D eigenvalue weighted by Crippen LogP contribution is -2.17. The van der Waals surface area contributed by atoms with Crippen molar-refractivity contribution in [3.63, 3.8) is 0 Å². The number of hydrogen-bond donors (Lipinski definition) is 1. The SMILES string of the molecule is O=C(O)[C@@H]1CCO[C@H]1c1cncc(-c2ccc(Cl)cc2F)c1. The molecular formula is C16H13ClFNO3. The Morgan fingerprint density at radius 3 is 2.91 bits per heavy atom. The number of hydrogen-bond acceptors (Lipinski definition) is 3. The van der Waals surface area contributed by atoms with E-state index in [-0.39, 0.29) is 0 Å². The van der Waals surface area contributed by atoms with E-state index in [1.54, 1.807) is 24.4 Å². The maximum atomic E-state index is 14.0. The Bertz CT molecular complexity index is 722. The summed E-state index contributed by atoms with van der Waals surface area (Å²) >= 11 is 5.75. The van der Waals surface area contributed by atoms with E-state index in [0.717, 1.165) is 0 Å². The molecule has 22 heavy (non-hydrogen) atoms. The molecule has 0 amide bonds. The van der Waals surface area contributed by atoms with E-state index in [9.17, 15) is 14.3 Å². The van der Waals surface area contributed by atoms with Crippen LogP contribution in [-0.4, -0.2) is 22.7 Å². The average Bonchev–Trinajstić information content (AvgIpc) is 2.97. The summed E-state index contributed by atoms with van der Waals surface area (Å²) in [7, 11) is 0. The van der Waals surface area contributed by atoms with Gasteiger partial charge in [-0.15, -0.1) is 0 Å². The van der Waals surface area contributed by atoms with Crippen LogP contribution in [0.2, 0.25) is 5.02 Å². The van der Waals surface area contributed by atoms with E-state index >= 15 is 0 Å².